The van der Waals surface area contributed by atoms with Crippen molar-refractivity contribution in [2.45, 2.75) is 19.0 Å². The number of ether oxygens (including phenoxy) is 2. The van der Waals surface area contributed by atoms with Gasteiger partial charge in [0.15, 0.2) is 11.5 Å². The molecule has 29 heavy (non-hydrogen) atoms. The number of hydrogen-bond donors (Lipinski definition) is 2. The standard InChI is InChI=1S/C22H22N4O3/c23-22(27)21(16-1-2-19-20(12-16)29-10-9-28-19)26-14-17-5-8-25-13-18(17)11-15-3-6-24-7-4-15/h1-8,12-13,21,26H,9-11,14H2,(H2,23,27). The summed E-state index contributed by atoms with van der Waals surface area (Å²) in [5.41, 5.74) is 9.70. The van der Waals surface area contributed by atoms with Crippen molar-refractivity contribution in [1.82, 2.24) is 15.3 Å². The molecule has 7 heteroatoms. The molecule has 1 aliphatic rings. The molecule has 3 aromatic rings. The molecular formula is C22H22N4O3. The Morgan fingerprint density at radius 1 is 1.00 bits per heavy atom. The average Bonchev–Trinajstić information content (AvgIpc) is 2.75. The minimum atomic E-state index is -0.646. The third kappa shape index (κ3) is 4.52. The number of nitrogens with one attached hydrogen (secondary N) is 1. The van der Waals surface area contributed by atoms with E-state index in [1.54, 1.807) is 24.7 Å². The molecular weight excluding hydrogens is 368 g/mol. The smallest absolute Gasteiger partial charge is 0.239 e. The van der Waals surface area contributed by atoms with Gasteiger partial charge < -0.3 is 15.2 Å². The minimum absolute atomic E-state index is 0.452. The fourth-order valence-electron chi connectivity index (χ4n) is 3.34. The summed E-state index contributed by atoms with van der Waals surface area (Å²) in [6.07, 6.45) is 7.87. The zero-order chi connectivity index (χ0) is 20.1. The molecule has 1 amide bonds. The normalized spacial score (nSPS) is 13.7. The first-order valence-electron chi connectivity index (χ1n) is 9.43. The van der Waals surface area contributed by atoms with Crippen LogP contribution in [0.4, 0.5) is 0 Å². The van der Waals surface area contributed by atoms with E-state index < -0.39 is 11.9 Å². The first-order chi connectivity index (χ1) is 14.2. The van der Waals surface area contributed by atoms with Gasteiger partial charge in [-0.1, -0.05) is 6.07 Å². The summed E-state index contributed by atoms with van der Waals surface area (Å²) in [6.45, 7) is 1.48. The molecule has 0 saturated carbocycles. The fourth-order valence-corrected chi connectivity index (χ4v) is 3.34. The lowest BCUT2D eigenvalue weighted by molar-refractivity contribution is -0.120. The van der Waals surface area contributed by atoms with Crippen LogP contribution in [-0.4, -0.2) is 29.1 Å². The van der Waals surface area contributed by atoms with Gasteiger partial charge in [-0.05, 0) is 59.0 Å². The quantitative estimate of drug-likeness (QED) is 0.641. The lowest BCUT2D eigenvalue weighted by atomic mass is 10.0. The van der Waals surface area contributed by atoms with Gasteiger partial charge in [0.2, 0.25) is 5.91 Å². The van der Waals surface area contributed by atoms with Crippen LogP contribution in [0.1, 0.15) is 28.3 Å². The van der Waals surface area contributed by atoms with E-state index in [2.05, 4.69) is 15.3 Å². The summed E-state index contributed by atoms with van der Waals surface area (Å²) in [4.78, 5) is 20.4. The Balaban J connectivity index is 1.51. The van der Waals surface area contributed by atoms with Crippen molar-refractivity contribution in [2.24, 2.45) is 5.73 Å². The van der Waals surface area contributed by atoms with Crippen molar-refractivity contribution >= 4 is 5.91 Å². The molecule has 0 aliphatic carbocycles. The topological polar surface area (TPSA) is 99.4 Å². The van der Waals surface area contributed by atoms with Crippen LogP contribution in [-0.2, 0) is 17.8 Å². The molecule has 1 aliphatic heterocycles. The van der Waals surface area contributed by atoms with Gasteiger partial charge in [-0.3, -0.25) is 20.1 Å². The zero-order valence-corrected chi connectivity index (χ0v) is 15.9. The Kier molecular flexibility index (Phi) is 5.67. The van der Waals surface area contributed by atoms with E-state index in [1.165, 1.54) is 0 Å². The van der Waals surface area contributed by atoms with Crippen LogP contribution in [0.25, 0.3) is 0 Å². The second-order valence-corrected chi connectivity index (χ2v) is 6.80. The Hall–Kier alpha value is -3.45. The second kappa shape index (κ2) is 8.70. The summed E-state index contributed by atoms with van der Waals surface area (Å²) < 4.78 is 11.2. The lowest BCUT2D eigenvalue weighted by Crippen LogP contribution is -2.33. The Bertz CT molecular complexity index is 994. The monoisotopic (exact) mass is 390 g/mol. The summed E-state index contributed by atoms with van der Waals surface area (Å²) in [6, 6.07) is 10.7. The van der Waals surface area contributed by atoms with Gasteiger partial charge in [-0.2, -0.15) is 0 Å². The maximum atomic E-state index is 12.1. The third-order valence-corrected chi connectivity index (χ3v) is 4.83. The van der Waals surface area contributed by atoms with Crippen LogP contribution in [0.3, 0.4) is 0 Å². The number of carbonyl (C=O) groups is 1. The van der Waals surface area contributed by atoms with E-state index in [1.807, 2.05) is 36.5 Å². The zero-order valence-electron chi connectivity index (χ0n) is 15.9. The lowest BCUT2D eigenvalue weighted by Gasteiger charge is -2.22. The number of fused-ring (bicyclic) bond motifs is 1. The number of primary amides is 1. The molecule has 0 fully saturated rings. The number of rotatable bonds is 7. The molecule has 0 bridgehead atoms. The number of aromatic nitrogens is 2. The number of benzene rings is 1. The highest BCUT2D eigenvalue weighted by Crippen LogP contribution is 2.32. The first kappa shape index (κ1) is 18.9. The average molecular weight is 390 g/mol. The summed E-state index contributed by atoms with van der Waals surface area (Å²) in [7, 11) is 0. The Morgan fingerprint density at radius 3 is 2.55 bits per heavy atom. The number of nitrogens with two attached hydrogens (primary N) is 1. The van der Waals surface area contributed by atoms with Crippen molar-refractivity contribution in [3.63, 3.8) is 0 Å². The van der Waals surface area contributed by atoms with Crippen LogP contribution in [0.15, 0.2) is 61.2 Å². The van der Waals surface area contributed by atoms with Crippen molar-refractivity contribution in [1.29, 1.82) is 0 Å². The molecule has 1 aromatic carbocycles. The largest absolute Gasteiger partial charge is 0.486 e. The highest BCUT2D eigenvalue weighted by Gasteiger charge is 2.21. The van der Waals surface area contributed by atoms with E-state index in [0.717, 1.165) is 28.7 Å². The van der Waals surface area contributed by atoms with Gasteiger partial charge in [-0.25, -0.2) is 0 Å². The predicted molar refractivity (Wildman–Crippen MR) is 107 cm³/mol. The number of pyridine rings is 2. The van der Waals surface area contributed by atoms with Gasteiger partial charge in [0, 0.05) is 31.3 Å². The van der Waals surface area contributed by atoms with Crippen molar-refractivity contribution in [3.8, 4) is 11.5 Å². The van der Waals surface area contributed by atoms with E-state index >= 15 is 0 Å². The minimum Gasteiger partial charge on any atom is -0.486 e. The number of amides is 1. The summed E-state index contributed by atoms with van der Waals surface area (Å²) in [5.74, 6) is 0.854. The molecule has 3 heterocycles. The first-order valence-corrected chi connectivity index (χ1v) is 9.43. The highest BCUT2D eigenvalue weighted by atomic mass is 16.6. The summed E-state index contributed by atoms with van der Waals surface area (Å²) in [5, 5.41) is 3.27. The van der Waals surface area contributed by atoms with Crippen LogP contribution < -0.4 is 20.5 Å². The van der Waals surface area contributed by atoms with Crippen LogP contribution in [0.5, 0.6) is 11.5 Å². The second-order valence-electron chi connectivity index (χ2n) is 6.80. The Labute approximate surface area is 168 Å². The van der Waals surface area contributed by atoms with Gasteiger partial charge in [0.1, 0.15) is 19.3 Å². The molecule has 7 nitrogen and oxygen atoms in total. The number of nitrogens with zero attached hydrogens (tertiary/aromatic N) is 2. The molecule has 3 N–H and O–H groups in total. The summed E-state index contributed by atoms with van der Waals surface area (Å²) >= 11 is 0. The van der Waals surface area contributed by atoms with Gasteiger partial charge in [0.05, 0.1) is 0 Å². The van der Waals surface area contributed by atoms with Crippen LogP contribution >= 0.6 is 0 Å². The van der Waals surface area contributed by atoms with E-state index in [-0.39, 0.29) is 0 Å². The molecule has 1 atom stereocenters. The van der Waals surface area contributed by atoms with Crippen molar-refractivity contribution in [2.75, 3.05) is 13.2 Å². The SMILES string of the molecule is NC(=O)C(NCc1ccncc1Cc1ccncc1)c1ccc2c(c1)OCCO2. The van der Waals surface area contributed by atoms with Gasteiger partial charge >= 0.3 is 0 Å². The van der Waals surface area contributed by atoms with E-state index in [9.17, 15) is 4.79 Å². The molecule has 0 spiro atoms. The molecule has 0 radical (unpaired) electrons. The molecule has 4 rings (SSSR count). The van der Waals surface area contributed by atoms with E-state index in [0.29, 0.717) is 31.3 Å². The maximum Gasteiger partial charge on any atom is 0.239 e. The van der Waals surface area contributed by atoms with Gasteiger partial charge in [-0.15, -0.1) is 0 Å². The Morgan fingerprint density at radius 2 is 1.76 bits per heavy atom. The van der Waals surface area contributed by atoms with Crippen LogP contribution in [0, 0.1) is 0 Å². The fraction of sp³-hybridized carbons (Fsp3) is 0.227. The molecule has 0 saturated heterocycles. The molecule has 148 valence electrons. The maximum absolute atomic E-state index is 12.1. The third-order valence-electron chi connectivity index (χ3n) is 4.83. The van der Waals surface area contributed by atoms with E-state index in [4.69, 9.17) is 15.2 Å². The molecule has 2 aromatic heterocycles. The number of hydrogen-bond acceptors (Lipinski definition) is 6. The highest BCUT2D eigenvalue weighted by molar-refractivity contribution is 5.81. The number of carbonyl (C=O) groups excluding carboxylic acids is 1. The van der Waals surface area contributed by atoms with Gasteiger partial charge in [0.25, 0.3) is 0 Å². The van der Waals surface area contributed by atoms with Crippen LogP contribution in [0.2, 0.25) is 0 Å². The molecule has 1 unspecified atom stereocenters. The predicted octanol–water partition coefficient (Wildman–Crippen LogP) is 2.15. The van der Waals surface area contributed by atoms with Crippen molar-refractivity contribution in [3.05, 3.63) is 83.4 Å². The van der Waals surface area contributed by atoms with Crippen molar-refractivity contribution < 1.29 is 14.3 Å².